The van der Waals surface area contributed by atoms with E-state index in [0.717, 1.165) is 17.0 Å². The summed E-state index contributed by atoms with van der Waals surface area (Å²) >= 11 is 1.26. The van der Waals surface area contributed by atoms with Crippen LogP contribution in [0.2, 0.25) is 0 Å². The van der Waals surface area contributed by atoms with Crippen LogP contribution in [0.3, 0.4) is 0 Å². The topological polar surface area (TPSA) is 62.3 Å². The zero-order valence-corrected chi connectivity index (χ0v) is 16.1. The Morgan fingerprint density at radius 2 is 1.97 bits per heavy atom. The molecule has 1 saturated carbocycles. The number of rotatable bonds is 7. The molecule has 29 heavy (non-hydrogen) atoms. The first-order valence-electron chi connectivity index (χ1n) is 8.61. The van der Waals surface area contributed by atoms with Gasteiger partial charge in [-0.25, -0.2) is 17.6 Å². The van der Waals surface area contributed by atoms with Gasteiger partial charge in [0.1, 0.15) is 11.6 Å². The third kappa shape index (κ3) is 4.69. The number of alkyl halides is 2. The molecule has 10 heteroatoms. The van der Waals surface area contributed by atoms with Gasteiger partial charge in [-0.1, -0.05) is 0 Å². The van der Waals surface area contributed by atoms with Gasteiger partial charge >= 0.3 is 0 Å². The van der Waals surface area contributed by atoms with E-state index in [0.29, 0.717) is 11.0 Å². The number of hydrogen-bond donors (Lipinski definition) is 1. The second-order valence-electron chi connectivity index (χ2n) is 6.60. The highest BCUT2D eigenvalue weighted by atomic mass is 32.2. The van der Waals surface area contributed by atoms with Crippen molar-refractivity contribution in [2.45, 2.75) is 35.7 Å². The van der Waals surface area contributed by atoms with Crippen molar-refractivity contribution in [1.82, 2.24) is 10.3 Å². The Hall–Kier alpha value is -2.62. The molecule has 0 spiro atoms. The second kappa shape index (κ2) is 8.40. The molecule has 1 aliphatic carbocycles. The highest BCUT2D eigenvalue weighted by Gasteiger charge is 2.47. The van der Waals surface area contributed by atoms with Gasteiger partial charge in [-0.15, -0.1) is 11.8 Å². The molecule has 1 aromatic heterocycles. The maximum absolute atomic E-state index is 13.7. The molecule has 5 nitrogen and oxygen atoms in total. The maximum atomic E-state index is 13.7. The van der Waals surface area contributed by atoms with Crippen LogP contribution in [0.15, 0.2) is 41.4 Å². The average molecular weight is 427 g/mol. The number of carbonyl (C=O) groups is 2. The van der Waals surface area contributed by atoms with E-state index in [4.69, 9.17) is 0 Å². The number of carbonyl (C=O) groups excluding carboxylic acids is 2. The molecule has 0 bridgehead atoms. The third-order valence-electron chi connectivity index (χ3n) is 4.50. The smallest absolute Gasteiger partial charge is 0.252 e. The Kier molecular flexibility index (Phi) is 6.11. The van der Waals surface area contributed by atoms with Gasteiger partial charge < -0.3 is 5.32 Å². The number of halogens is 4. The summed E-state index contributed by atoms with van der Waals surface area (Å²) in [4.78, 5) is 30.4. The van der Waals surface area contributed by atoms with Crippen LogP contribution < -0.4 is 10.2 Å². The van der Waals surface area contributed by atoms with Gasteiger partial charge in [0.25, 0.3) is 5.92 Å². The van der Waals surface area contributed by atoms with Gasteiger partial charge in [-0.3, -0.25) is 19.5 Å². The largest absolute Gasteiger partial charge is 0.351 e. The molecule has 0 saturated heterocycles. The minimum atomic E-state index is -2.85. The summed E-state index contributed by atoms with van der Waals surface area (Å²) in [5, 5.41) is 2.48. The minimum Gasteiger partial charge on any atom is -0.351 e. The maximum Gasteiger partial charge on any atom is 0.252 e. The number of nitrogens with one attached hydrogen (secondary N) is 1. The molecule has 2 aromatic rings. The van der Waals surface area contributed by atoms with Crippen LogP contribution in [-0.2, 0) is 9.59 Å². The van der Waals surface area contributed by atoms with Crippen molar-refractivity contribution in [2.24, 2.45) is 0 Å². The van der Waals surface area contributed by atoms with Crippen LogP contribution in [-0.4, -0.2) is 35.5 Å². The standard InChI is InChI=1S/C19H17F4N3O2S/c1-29-15-3-2-4-24-16(15)17(18(28)25-13-8-19(22,23)9-13)26(10-27)14-6-11(20)5-12(21)7-14/h2-7,10,13,17H,8-9H2,1H3,(H,25,28). The molecule has 154 valence electrons. The fraction of sp³-hybridized carbons (Fsp3) is 0.316. The monoisotopic (exact) mass is 427 g/mol. The predicted molar refractivity (Wildman–Crippen MR) is 99.8 cm³/mol. The van der Waals surface area contributed by atoms with Crippen LogP contribution in [0.25, 0.3) is 0 Å². The van der Waals surface area contributed by atoms with Crippen LogP contribution >= 0.6 is 11.8 Å². The predicted octanol–water partition coefficient (Wildman–Crippen LogP) is 3.70. The molecule has 0 aliphatic heterocycles. The SMILES string of the molecule is CSc1cccnc1C(C(=O)NC1CC(F)(F)C1)N(C=O)c1cc(F)cc(F)c1. The van der Waals surface area contributed by atoms with Crippen molar-refractivity contribution in [3.8, 4) is 0 Å². The molecule has 1 unspecified atom stereocenters. The molecule has 1 aromatic carbocycles. The van der Waals surface area contributed by atoms with E-state index < -0.39 is 48.4 Å². The first kappa shape index (κ1) is 21.1. The molecule has 3 rings (SSSR count). The van der Waals surface area contributed by atoms with Gasteiger partial charge in [-0.2, -0.15) is 0 Å². The number of benzene rings is 1. The third-order valence-corrected chi connectivity index (χ3v) is 5.29. The van der Waals surface area contributed by atoms with Crippen LogP contribution in [0.4, 0.5) is 23.2 Å². The molecule has 1 fully saturated rings. The number of aromatic nitrogens is 1. The Morgan fingerprint density at radius 3 is 2.52 bits per heavy atom. The zero-order valence-electron chi connectivity index (χ0n) is 15.2. The summed E-state index contributed by atoms with van der Waals surface area (Å²) in [6.45, 7) is 0. The summed E-state index contributed by atoms with van der Waals surface area (Å²) in [5.41, 5.74) is -0.0327. The van der Waals surface area contributed by atoms with E-state index in [-0.39, 0.29) is 17.8 Å². The van der Waals surface area contributed by atoms with Gasteiger partial charge in [0.15, 0.2) is 6.04 Å². The Labute approximate surface area is 168 Å². The minimum absolute atomic E-state index is 0.167. The molecule has 1 aliphatic rings. The highest BCUT2D eigenvalue weighted by Crippen LogP contribution is 2.38. The van der Waals surface area contributed by atoms with Crippen molar-refractivity contribution >= 4 is 29.8 Å². The van der Waals surface area contributed by atoms with E-state index >= 15 is 0 Å². The molecule has 1 heterocycles. The number of anilines is 1. The van der Waals surface area contributed by atoms with Crippen molar-refractivity contribution in [1.29, 1.82) is 0 Å². The van der Waals surface area contributed by atoms with E-state index in [1.807, 2.05) is 0 Å². The lowest BCUT2D eigenvalue weighted by molar-refractivity contribution is -0.131. The number of thioether (sulfide) groups is 1. The van der Waals surface area contributed by atoms with E-state index in [1.165, 1.54) is 18.0 Å². The second-order valence-corrected chi connectivity index (χ2v) is 7.45. The molecule has 0 radical (unpaired) electrons. The number of nitrogens with zero attached hydrogens (tertiary/aromatic N) is 2. The lowest BCUT2D eigenvalue weighted by Gasteiger charge is -2.37. The van der Waals surface area contributed by atoms with Gasteiger partial charge in [0.05, 0.1) is 11.4 Å². The summed E-state index contributed by atoms with van der Waals surface area (Å²) in [6, 6.07) is 3.56. The average Bonchev–Trinajstić information content (AvgIpc) is 2.63. The lowest BCUT2D eigenvalue weighted by Crippen LogP contribution is -2.53. The Bertz CT molecular complexity index is 900. The molecule has 1 N–H and O–H groups in total. The van der Waals surface area contributed by atoms with Gasteiger partial charge in [-0.05, 0) is 30.5 Å². The summed E-state index contributed by atoms with van der Waals surface area (Å²) in [5.74, 6) is -5.48. The fourth-order valence-corrected chi connectivity index (χ4v) is 3.75. The van der Waals surface area contributed by atoms with Crippen molar-refractivity contribution < 1.29 is 27.2 Å². The van der Waals surface area contributed by atoms with Crippen molar-refractivity contribution in [3.63, 3.8) is 0 Å². The summed E-state index contributed by atoms with van der Waals surface area (Å²) in [6.07, 6.45) is 2.36. The van der Waals surface area contributed by atoms with Crippen molar-refractivity contribution in [2.75, 3.05) is 11.2 Å². The fourth-order valence-electron chi connectivity index (χ4n) is 3.17. The van der Waals surface area contributed by atoms with E-state index in [2.05, 4.69) is 10.3 Å². The lowest BCUT2D eigenvalue weighted by atomic mass is 9.88. The first-order valence-corrected chi connectivity index (χ1v) is 9.83. The van der Waals surface area contributed by atoms with Crippen LogP contribution in [0.5, 0.6) is 0 Å². The first-order chi connectivity index (χ1) is 13.7. The summed E-state index contributed by atoms with van der Waals surface area (Å²) < 4.78 is 53.7. The number of pyridine rings is 1. The Morgan fingerprint density at radius 1 is 1.31 bits per heavy atom. The van der Waals surface area contributed by atoms with Crippen LogP contribution in [0.1, 0.15) is 24.6 Å². The molecule has 2 amide bonds. The van der Waals surface area contributed by atoms with Crippen LogP contribution in [0, 0.1) is 11.6 Å². The number of hydrogen-bond acceptors (Lipinski definition) is 4. The zero-order chi connectivity index (χ0) is 21.2. The molecular formula is C19H17F4N3O2S. The molecular weight excluding hydrogens is 410 g/mol. The Balaban J connectivity index is 2.01. The van der Waals surface area contributed by atoms with Gasteiger partial charge in [0.2, 0.25) is 12.3 Å². The number of amides is 2. The van der Waals surface area contributed by atoms with E-state index in [1.54, 1.807) is 18.4 Å². The summed E-state index contributed by atoms with van der Waals surface area (Å²) in [7, 11) is 0. The normalized spacial score (nSPS) is 16.6. The van der Waals surface area contributed by atoms with Gasteiger partial charge in [0, 0.05) is 36.0 Å². The highest BCUT2D eigenvalue weighted by molar-refractivity contribution is 7.98. The van der Waals surface area contributed by atoms with E-state index in [9.17, 15) is 27.2 Å². The molecule has 1 atom stereocenters. The quantitative estimate of drug-likeness (QED) is 0.416. The van der Waals surface area contributed by atoms with Crippen molar-refractivity contribution in [3.05, 3.63) is 53.9 Å².